The molecule has 0 aliphatic carbocycles. The number of nitrogens with one attached hydrogen (secondary N) is 2. The molecule has 0 fully saturated rings. The van der Waals surface area contributed by atoms with Crippen molar-refractivity contribution >= 4 is 29.9 Å². The summed E-state index contributed by atoms with van der Waals surface area (Å²) in [5, 5.41) is 5.25. The topological polar surface area (TPSA) is 93.5 Å². The van der Waals surface area contributed by atoms with Gasteiger partial charge in [0.05, 0.1) is 24.3 Å². The molecule has 0 saturated carbocycles. The van der Waals surface area contributed by atoms with Gasteiger partial charge in [-0.1, -0.05) is 6.92 Å². The van der Waals surface area contributed by atoms with Gasteiger partial charge in [0, 0.05) is 13.1 Å². The Hall–Kier alpha value is -1.79. The zero-order valence-electron chi connectivity index (χ0n) is 12.6. The van der Waals surface area contributed by atoms with Crippen molar-refractivity contribution in [1.29, 1.82) is 0 Å². The number of hydrogen-bond donors (Lipinski definition) is 3. The van der Waals surface area contributed by atoms with Gasteiger partial charge >= 0.3 is 0 Å². The first kappa shape index (κ1) is 19.2. The SMILES string of the molecule is CNC(=O)c1cc(OC)ccc1NC(=O)C(C)C(C)N.Cl. The number of nitrogens with two attached hydrogens (primary N) is 1. The van der Waals surface area contributed by atoms with Gasteiger partial charge in [-0.3, -0.25) is 9.59 Å². The first-order valence-corrected chi connectivity index (χ1v) is 6.37. The predicted molar refractivity (Wildman–Crippen MR) is 85.1 cm³/mol. The lowest BCUT2D eigenvalue weighted by Gasteiger charge is -2.17. The largest absolute Gasteiger partial charge is 0.497 e. The average Bonchev–Trinajstić information content (AvgIpc) is 2.45. The lowest BCUT2D eigenvalue weighted by molar-refractivity contribution is -0.119. The summed E-state index contributed by atoms with van der Waals surface area (Å²) in [6.07, 6.45) is 0. The summed E-state index contributed by atoms with van der Waals surface area (Å²) in [6, 6.07) is 4.62. The zero-order chi connectivity index (χ0) is 15.3. The molecule has 1 aromatic rings. The number of rotatable bonds is 5. The summed E-state index contributed by atoms with van der Waals surface area (Å²) < 4.78 is 5.08. The van der Waals surface area contributed by atoms with Gasteiger partial charge in [0.1, 0.15) is 5.75 Å². The number of anilines is 1. The molecule has 2 atom stereocenters. The molecule has 0 saturated heterocycles. The minimum atomic E-state index is -0.352. The van der Waals surface area contributed by atoms with Gasteiger partial charge < -0.3 is 21.1 Å². The van der Waals surface area contributed by atoms with Crippen LogP contribution in [0.3, 0.4) is 0 Å². The smallest absolute Gasteiger partial charge is 0.253 e. The van der Waals surface area contributed by atoms with Gasteiger partial charge in [-0.2, -0.15) is 0 Å². The van der Waals surface area contributed by atoms with Gasteiger partial charge in [-0.15, -0.1) is 12.4 Å². The Balaban J connectivity index is 0.00000400. The third-order valence-corrected chi connectivity index (χ3v) is 3.16. The molecule has 0 aliphatic heterocycles. The minimum absolute atomic E-state index is 0. The number of ether oxygens (including phenoxy) is 1. The van der Waals surface area contributed by atoms with Crippen LogP contribution in [-0.4, -0.2) is 32.0 Å². The van der Waals surface area contributed by atoms with Gasteiger partial charge in [-0.25, -0.2) is 0 Å². The molecule has 21 heavy (non-hydrogen) atoms. The summed E-state index contributed by atoms with van der Waals surface area (Å²) >= 11 is 0. The molecule has 7 heteroatoms. The van der Waals surface area contributed by atoms with E-state index in [0.29, 0.717) is 17.0 Å². The number of carbonyl (C=O) groups excluding carboxylic acids is 2. The molecule has 4 N–H and O–H groups in total. The van der Waals surface area contributed by atoms with E-state index in [4.69, 9.17) is 10.5 Å². The van der Waals surface area contributed by atoms with Gasteiger partial charge in [0.25, 0.3) is 5.91 Å². The van der Waals surface area contributed by atoms with Gasteiger partial charge in [-0.05, 0) is 25.1 Å². The van der Waals surface area contributed by atoms with Crippen LogP contribution in [0.1, 0.15) is 24.2 Å². The highest BCUT2D eigenvalue weighted by Gasteiger charge is 2.20. The number of benzene rings is 1. The molecule has 0 spiro atoms. The lowest BCUT2D eigenvalue weighted by Crippen LogP contribution is -2.35. The van der Waals surface area contributed by atoms with Crippen LogP contribution in [0.4, 0.5) is 5.69 Å². The average molecular weight is 316 g/mol. The van der Waals surface area contributed by atoms with Crippen LogP contribution in [0.2, 0.25) is 0 Å². The zero-order valence-corrected chi connectivity index (χ0v) is 13.4. The van der Waals surface area contributed by atoms with Crippen LogP contribution in [0, 0.1) is 5.92 Å². The van der Waals surface area contributed by atoms with Crippen LogP contribution in [0.25, 0.3) is 0 Å². The van der Waals surface area contributed by atoms with Crippen LogP contribution >= 0.6 is 12.4 Å². The quantitative estimate of drug-likeness (QED) is 0.765. The van der Waals surface area contributed by atoms with Crippen molar-refractivity contribution in [3.8, 4) is 5.75 Å². The van der Waals surface area contributed by atoms with E-state index in [0.717, 1.165) is 0 Å². The molecule has 0 aliphatic rings. The van der Waals surface area contributed by atoms with Crippen molar-refractivity contribution < 1.29 is 14.3 Å². The highest BCUT2D eigenvalue weighted by molar-refractivity contribution is 6.04. The maximum atomic E-state index is 12.0. The second kappa shape index (κ2) is 8.49. The summed E-state index contributed by atoms with van der Waals surface area (Å²) in [4.78, 5) is 23.9. The van der Waals surface area contributed by atoms with Crippen molar-refractivity contribution in [2.45, 2.75) is 19.9 Å². The maximum Gasteiger partial charge on any atom is 0.253 e. The first-order valence-electron chi connectivity index (χ1n) is 6.37. The fraction of sp³-hybridized carbons (Fsp3) is 0.429. The third kappa shape index (κ3) is 4.91. The van der Waals surface area contributed by atoms with E-state index in [2.05, 4.69) is 10.6 Å². The molecular weight excluding hydrogens is 294 g/mol. The van der Waals surface area contributed by atoms with Gasteiger partial charge in [0.2, 0.25) is 5.91 Å². The number of amides is 2. The second-order valence-corrected chi connectivity index (χ2v) is 4.63. The van der Waals surface area contributed by atoms with Crippen molar-refractivity contribution in [1.82, 2.24) is 5.32 Å². The molecule has 0 heterocycles. The number of carbonyl (C=O) groups is 2. The summed E-state index contributed by atoms with van der Waals surface area (Å²) in [5.74, 6) is -0.334. The molecule has 6 nitrogen and oxygen atoms in total. The number of halogens is 1. The summed E-state index contributed by atoms with van der Waals surface area (Å²) in [6.45, 7) is 3.50. The first-order chi connectivity index (χ1) is 9.40. The molecule has 2 amide bonds. The van der Waals surface area contributed by atoms with E-state index in [1.807, 2.05) is 0 Å². The Morgan fingerprint density at radius 2 is 1.90 bits per heavy atom. The Morgan fingerprint density at radius 3 is 2.38 bits per heavy atom. The standard InChI is InChI=1S/C14H21N3O3.ClH/c1-8(9(2)15)13(18)17-12-6-5-10(20-4)7-11(12)14(19)16-3;/h5-9H,15H2,1-4H3,(H,16,19)(H,17,18);1H. The molecule has 0 radical (unpaired) electrons. The van der Waals surface area contributed by atoms with E-state index < -0.39 is 0 Å². The second-order valence-electron chi connectivity index (χ2n) is 4.63. The van der Waals surface area contributed by atoms with Crippen LogP contribution in [0.5, 0.6) is 5.75 Å². The highest BCUT2D eigenvalue weighted by atomic mass is 35.5. The molecule has 1 rings (SSSR count). The third-order valence-electron chi connectivity index (χ3n) is 3.16. The minimum Gasteiger partial charge on any atom is -0.497 e. The van der Waals surface area contributed by atoms with E-state index in [9.17, 15) is 9.59 Å². The molecule has 118 valence electrons. The Kier molecular flexibility index (Phi) is 7.76. The van der Waals surface area contributed by atoms with Gasteiger partial charge in [0.15, 0.2) is 0 Å². The normalized spacial score (nSPS) is 12.6. The predicted octanol–water partition coefficient (Wildman–Crippen LogP) is 1.40. The van der Waals surface area contributed by atoms with Crippen molar-refractivity contribution in [3.63, 3.8) is 0 Å². The fourth-order valence-corrected chi connectivity index (χ4v) is 1.57. The van der Waals surface area contributed by atoms with Crippen molar-refractivity contribution in [3.05, 3.63) is 23.8 Å². The fourth-order valence-electron chi connectivity index (χ4n) is 1.57. The Morgan fingerprint density at radius 1 is 1.29 bits per heavy atom. The molecular formula is C14H22ClN3O3. The Bertz CT molecular complexity index is 506. The monoisotopic (exact) mass is 315 g/mol. The van der Waals surface area contributed by atoms with Crippen molar-refractivity contribution in [2.24, 2.45) is 11.7 Å². The van der Waals surface area contributed by atoms with E-state index in [-0.39, 0.29) is 36.2 Å². The van der Waals surface area contributed by atoms with E-state index in [1.54, 1.807) is 32.0 Å². The Labute approximate surface area is 130 Å². The highest BCUT2D eigenvalue weighted by Crippen LogP contribution is 2.22. The van der Waals surface area contributed by atoms with Crippen LogP contribution in [0.15, 0.2) is 18.2 Å². The lowest BCUT2D eigenvalue weighted by atomic mass is 10.0. The number of methoxy groups -OCH3 is 1. The summed E-state index contributed by atoms with van der Waals surface area (Å²) in [5.41, 5.74) is 6.48. The summed E-state index contributed by atoms with van der Waals surface area (Å²) in [7, 11) is 3.04. The number of hydrogen-bond acceptors (Lipinski definition) is 4. The van der Waals surface area contributed by atoms with E-state index in [1.165, 1.54) is 14.2 Å². The van der Waals surface area contributed by atoms with Crippen LogP contribution in [-0.2, 0) is 4.79 Å². The van der Waals surface area contributed by atoms with E-state index >= 15 is 0 Å². The molecule has 2 unspecified atom stereocenters. The van der Waals surface area contributed by atoms with Crippen molar-refractivity contribution in [2.75, 3.05) is 19.5 Å². The molecule has 0 bridgehead atoms. The van der Waals surface area contributed by atoms with Crippen LogP contribution < -0.4 is 21.1 Å². The molecule has 1 aromatic carbocycles. The maximum absolute atomic E-state index is 12.0. The molecule has 0 aromatic heterocycles.